The number of hydrogen-bond donors (Lipinski definition) is 1. The van der Waals surface area contributed by atoms with E-state index < -0.39 is 5.97 Å². The Morgan fingerprint density at radius 2 is 1.87 bits per heavy atom. The fourth-order valence-electron chi connectivity index (χ4n) is 2.74. The lowest BCUT2D eigenvalue weighted by Crippen LogP contribution is -2.22. The molecule has 0 aliphatic carbocycles. The first kappa shape index (κ1) is 22.4. The van der Waals surface area contributed by atoms with Crippen molar-refractivity contribution in [2.75, 3.05) is 13.7 Å². The van der Waals surface area contributed by atoms with E-state index in [9.17, 15) is 14.0 Å². The predicted octanol–water partition coefficient (Wildman–Crippen LogP) is 2.70. The molecular weight excluding hydrogens is 423 g/mol. The van der Waals surface area contributed by atoms with Gasteiger partial charge in [0.1, 0.15) is 5.82 Å². The Bertz CT molecular complexity index is 1090. The minimum atomic E-state index is -0.470. The molecule has 1 aromatic carbocycles. The molecule has 3 aromatic rings. The van der Waals surface area contributed by atoms with Crippen LogP contribution in [-0.4, -0.2) is 39.6 Å². The number of ether oxygens (including phenoxy) is 2. The van der Waals surface area contributed by atoms with Gasteiger partial charge in [0.25, 0.3) is 5.56 Å². The normalized spacial score (nSPS) is 10.7. The second-order valence-electron chi connectivity index (χ2n) is 6.45. The van der Waals surface area contributed by atoms with Crippen LogP contribution < -0.4 is 10.3 Å². The number of carbonyl (C=O) groups excluding carboxylic acids is 1. The van der Waals surface area contributed by atoms with Crippen LogP contribution >= 0.6 is 11.8 Å². The Morgan fingerprint density at radius 1 is 1.16 bits per heavy atom. The number of benzene rings is 1. The van der Waals surface area contributed by atoms with Gasteiger partial charge in [-0.3, -0.25) is 9.59 Å². The van der Waals surface area contributed by atoms with Crippen LogP contribution in [0.5, 0.6) is 6.01 Å². The lowest BCUT2D eigenvalue weighted by atomic mass is 10.1. The van der Waals surface area contributed by atoms with E-state index in [1.807, 2.05) is 0 Å². The molecule has 0 aliphatic rings. The first-order valence-corrected chi connectivity index (χ1v) is 10.5. The Morgan fingerprint density at radius 3 is 2.52 bits per heavy atom. The fourth-order valence-corrected chi connectivity index (χ4v) is 3.58. The van der Waals surface area contributed by atoms with Gasteiger partial charge in [-0.15, -0.1) is 0 Å². The summed E-state index contributed by atoms with van der Waals surface area (Å²) in [5.41, 5.74) is 1.87. The van der Waals surface area contributed by atoms with Gasteiger partial charge in [0.15, 0.2) is 5.16 Å². The summed E-state index contributed by atoms with van der Waals surface area (Å²) >= 11 is 1.29. The lowest BCUT2D eigenvalue weighted by molar-refractivity contribution is -0.142. The summed E-state index contributed by atoms with van der Waals surface area (Å²) in [6.07, 6.45) is 3.17. The smallest absolute Gasteiger partial charge is 0.316 e. The highest BCUT2D eigenvalue weighted by molar-refractivity contribution is 7.98. The molecule has 0 saturated carbocycles. The van der Waals surface area contributed by atoms with E-state index in [1.165, 1.54) is 31.0 Å². The number of rotatable bonds is 9. The van der Waals surface area contributed by atoms with Gasteiger partial charge < -0.3 is 14.5 Å². The molecule has 0 saturated heterocycles. The highest BCUT2D eigenvalue weighted by atomic mass is 32.2. The van der Waals surface area contributed by atoms with E-state index in [-0.39, 0.29) is 36.8 Å². The van der Waals surface area contributed by atoms with Crippen molar-refractivity contribution in [1.82, 2.24) is 19.9 Å². The van der Waals surface area contributed by atoms with Gasteiger partial charge in [0.2, 0.25) is 0 Å². The maximum Gasteiger partial charge on any atom is 0.316 e. The molecule has 162 valence electrons. The van der Waals surface area contributed by atoms with Crippen LogP contribution in [0.15, 0.2) is 46.6 Å². The van der Waals surface area contributed by atoms with Crippen molar-refractivity contribution < 1.29 is 18.7 Å². The number of esters is 1. The lowest BCUT2D eigenvalue weighted by Gasteiger charge is -2.10. The summed E-state index contributed by atoms with van der Waals surface area (Å²) in [6, 6.07) is 6.29. The second kappa shape index (κ2) is 10.7. The van der Waals surface area contributed by atoms with Crippen LogP contribution in [0.25, 0.3) is 0 Å². The number of thioether (sulfide) groups is 1. The van der Waals surface area contributed by atoms with E-state index in [1.54, 1.807) is 31.5 Å². The van der Waals surface area contributed by atoms with Crippen LogP contribution in [0.2, 0.25) is 0 Å². The highest BCUT2D eigenvalue weighted by Crippen LogP contribution is 2.20. The number of nitrogens with zero attached hydrogens (tertiary/aromatic N) is 3. The number of H-pyrrole nitrogens is 1. The van der Waals surface area contributed by atoms with Crippen LogP contribution in [0, 0.1) is 5.82 Å². The zero-order chi connectivity index (χ0) is 22.2. The predicted molar refractivity (Wildman–Crippen MR) is 113 cm³/mol. The zero-order valence-electron chi connectivity index (χ0n) is 17.1. The van der Waals surface area contributed by atoms with Crippen molar-refractivity contribution in [2.24, 2.45) is 0 Å². The third-order valence-electron chi connectivity index (χ3n) is 4.23. The molecular formula is C21H21FN4O4S. The topological polar surface area (TPSA) is 107 Å². The number of aromatic amines is 1. The molecule has 0 radical (unpaired) electrons. The maximum absolute atomic E-state index is 13.1. The quantitative estimate of drug-likeness (QED) is 0.305. The summed E-state index contributed by atoms with van der Waals surface area (Å²) in [6.45, 7) is 1.94. The van der Waals surface area contributed by atoms with Crippen molar-refractivity contribution in [2.45, 2.75) is 30.7 Å². The standard InChI is InChI=1S/C21H21FN4O4S/c1-3-30-18(27)9-17-16(8-14-10-23-20(29-2)24-11-14)19(28)26-21(25-17)31-12-13-4-6-15(22)7-5-13/h4-7,10-11H,3,8-9,12H2,1-2H3,(H,25,26,28). The van der Waals surface area contributed by atoms with Gasteiger partial charge >= 0.3 is 12.0 Å². The van der Waals surface area contributed by atoms with Gasteiger partial charge in [-0.05, 0) is 30.2 Å². The van der Waals surface area contributed by atoms with Crippen molar-refractivity contribution in [3.8, 4) is 6.01 Å². The number of halogens is 1. The van der Waals surface area contributed by atoms with E-state index in [0.29, 0.717) is 27.7 Å². The maximum atomic E-state index is 13.1. The highest BCUT2D eigenvalue weighted by Gasteiger charge is 2.17. The summed E-state index contributed by atoms with van der Waals surface area (Å²) in [5, 5.41) is 0.364. The monoisotopic (exact) mass is 444 g/mol. The SMILES string of the molecule is CCOC(=O)Cc1nc(SCc2ccc(F)cc2)[nH]c(=O)c1Cc1cnc(OC)nc1. The van der Waals surface area contributed by atoms with Crippen LogP contribution in [0.1, 0.15) is 29.3 Å². The van der Waals surface area contributed by atoms with E-state index >= 15 is 0 Å². The molecule has 0 fully saturated rings. The number of methoxy groups -OCH3 is 1. The largest absolute Gasteiger partial charge is 0.467 e. The fraction of sp³-hybridized carbons (Fsp3) is 0.286. The van der Waals surface area contributed by atoms with Gasteiger partial charge in [-0.1, -0.05) is 23.9 Å². The van der Waals surface area contributed by atoms with Gasteiger partial charge in [0, 0.05) is 30.1 Å². The number of aromatic nitrogens is 4. The Balaban J connectivity index is 1.86. The minimum absolute atomic E-state index is 0.131. The molecule has 2 aromatic heterocycles. The Labute approximate surface area is 182 Å². The summed E-state index contributed by atoms with van der Waals surface area (Å²) in [5.74, 6) is -0.306. The van der Waals surface area contributed by atoms with E-state index in [0.717, 1.165) is 5.56 Å². The van der Waals surface area contributed by atoms with Gasteiger partial charge in [-0.2, -0.15) is 0 Å². The molecule has 1 N–H and O–H groups in total. The van der Waals surface area contributed by atoms with Crippen molar-refractivity contribution >= 4 is 17.7 Å². The molecule has 0 bridgehead atoms. The number of nitrogens with one attached hydrogen (secondary N) is 1. The molecule has 0 atom stereocenters. The molecule has 0 spiro atoms. The molecule has 0 aliphatic heterocycles. The average molecular weight is 444 g/mol. The average Bonchev–Trinajstić information content (AvgIpc) is 2.76. The first-order valence-electron chi connectivity index (χ1n) is 9.48. The van der Waals surface area contributed by atoms with Crippen molar-refractivity contribution in [3.05, 3.63) is 75.2 Å². The van der Waals surface area contributed by atoms with Gasteiger partial charge in [-0.25, -0.2) is 19.3 Å². The van der Waals surface area contributed by atoms with Crippen LogP contribution in [-0.2, 0) is 28.1 Å². The molecule has 3 rings (SSSR count). The van der Waals surface area contributed by atoms with Crippen LogP contribution in [0.3, 0.4) is 0 Å². The van der Waals surface area contributed by atoms with Gasteiger partial charge in [0.05, 0.1) is 25.8 Å². The molecule has 2 heterocycles. The van der Waals surface area contributed by atoms with Crippen LogP contribution in [0.4, 0.5) is 4.39 Å². The van der Waals surface area contributed by atoms with E-state index in [4.69, 9.17) is 9.47 Å². The minimum Gasteiger partial charge on any atom is -0.467 e. The third kappa shape index (κ3) is 6.35. The first-order chi connectivity index (χ1) is 15.0. The summed E-state index contributed by atoms with van der Waals surface area (Å²) < 4.78 is 23.1. The van der Waals surface area contributed by atoms with Crippen molar-refractivity contribution in [3.63, 3.8) is 0 Å². The second-order valence-corrected chi connectivity index (χ2v) is 7.41. The number of hydrogen-bond acceptors (Lipinski definition) is 8. The molecule has 31 heavy (non-hydrogen) atoms. The molecule has 8 nitrogen and oxygen atoms in total. The number of carbonyl (C=O) groups is 1. The van der Waals surface area contributed by atoms with E-state index in [2.05, 4.69) is 19.9 Å². The zero-order valence-corrected chi connectivity index (χ0v) is 17.9. The molecule has 0 unspecified atom stereocenters. The third-order valence-corrected chi connectivity index (χ3v) is 5.17. The summed E-state index contributed by atoms with van der Waals surface area (Å²) in [7, 11) is 1.46. The van der Waals surface area contributed by atoms with Crippen molar-refractivity contribution in [1.29, 1.82) is 0 Å². The molecule has 10 heteroatoms. The Hall–Kier alpha value is -3.27. The molecule has 0 amide bonds. The Kier molecular flexibility index (Phi) is 7.71. The summed E-state index contributed by atoms with van der Waals surface area (Å²) in [4.78, 5) is 40.2.